The van der Waals surface area contributed by atoms with Crippen molar-refractivity contribution in [3.63, 3.8) is 0 Å². The van der Waals surface area contributed by atoms with Crippen molar-refractivity contribution in [2.75, 3.05) is 4.90 Å². The fourth-order valence-electron chi connectivity index (χ4n) is 3.70. The molecule has 39 heavy (non-hydrogen) atoms. The maximum atomic E-state index is 12.8. The Morgan fingerprint density at radius 3 is 2.18 bits per heavy atom. The number of hydrogen-bond acceptors (Lipinski definition) is 5. The van der Waals surface area contributed by atoms with Crippen molar-refractivity contribution in [2.45, 2.75) is 24.9 Å². The van der Waals surface area contributed by atoms with Gasteiger partial charge in [-0.25, -0.2) is 4.79 Å². The Hall–Kier alpha value is -4.90. The first-order valence-corrected chi connectivity index (χ1v) is 13.2. The van der Waals surface area contributed by atoms with Crippen LogP contribution in [0.4, 0.5) is 10.5 Å². The van der Waals surface area contributed by atoms with Crippen LogP contribution in [0.15, 0.2) is 106 Å². The normalized spacial score (nSPS) is 11.7. The molecule has 0 unspecified atom stereocenters. The number of aryl methyl sites for hydroxylation is 1. The minimum absolute atomic E-state index is 0.00455. The highest BCUT2D eigenvalue weighted by atomic mass is 32.2. The molecule has 4 aromatic rings. The predicted octanol–water partition coefficient (Wildman–Crippen LogP) is 4.05. The lowest BCUT2D eigenvalue weighted by Gasteiger charge is -2.20. The number of anilines is 1. The van der Waals surface area contributed by atoms with Crippen LogP contribution in [-0.4, -0.2) is 30.1 Å². The van der Waals surface area contributed by atoms with E-state index in [-0.39, 0.29) is 29.2 Å². The summed E-state index contributed by atoms with van der Waals surface area (Å²) in [5, 5.41) is 9.69. The molecule has 200 valence electrons. The molecule has 0 aliphatic carbocycles. The van der Waals surface area contributed by atoms with Gasteiger partial charge in [-0.3, -0.25) is 9.69 Å². The van der Waals surface area contributed by atoms with Gasteiger partial charge in [0.2, 0.25) is 5.91 Å². The number of carbonyl (C=O) groups is 2. The standard InChI is InChI=1S/C28H26N4O6S/c1-20-7-14-25(15-8-20)39(36,37)30-27-16-13-24(18-31(27)19-26(29)33)38-23-11-9-22(10-12-23)32(28(34)35)17-21-5-3-2-4-6-21/h2-16,18H,17,19H2,1H3,(H2,29,33)(H,34,35)/b30-27-. The number of sulfonamides is 1. The van der Waals surface area contributed by atoms with Crippen molar-refractivity contribution in [3.05, 3.63) is 114 Å². The van der Waals surface area contributed by atoms with Gasteiger partial charge in [-0.2, -0.15) is 8.42 Å². The molecule has 2 amide bonds. The van der Waals surface area contributed by atoms with E-state index in [0.717, 1.165) is 11.1 Å². The van der Waals surface area contributed by atoms with E-state index < -0.39 is 22.0 Å². The number of carboxylic acid groups (broad SMARTS) is 1. The molecule has 0 saturated heterocycles. The first-order chi connectivity index (χ1) is 18.6. The predicted molar refractivity (Wildman–Crippen MR) is 145 cm³/mol. The Labute approximate surface area is 225 Å². The third kappa shape index (κ3) is 7.11. The number of ether oxygens (including phenoxy) is 1. The summed E-state index contributed by atoms with van der Waals surface area (Å²) < 4.78 is 36.6. The number of nitrogens with two attached hydrogens (primary N) is 1. The van der Waals surface area contributed by atoms with Crippen LogP contribution in [0, 0.1) is 6.92 Å². The number of rotatable bonds is 9. The van der Waals surface area contributed by atoms with Gasteiger partial charge in [0.15, 0.2) is 0 Å². The fourth-order valence-corrected chi connectivity index (χ4v) is 4.70. The average molecular weight is 547 g/mol. The molecule has 0 atom stereocenters. The Morgan fingerprint density at radius 1 is 0.923 bits per heavy atom. The minimum Gasteiger partial charge on any atom is -0.465 e. The number of benzene rings is 3. The Kier molecular flexibility index (Phi) is 8.11. The van der Waals surface area contributed by atoms with Gasteiger partial charge in [0.1, 0.15) is 23.5 Å². The van der Waals surface area contributed by atoms with Crippen LogP contribution in [0.3, 0.4) is 0 Å². The third-order valence-corrected chi connectivity index (χ3v) is 6.93. The molecule has 0 spiro atoms. The molecule has 0 saturated carbocycles. The van der Waals surface area contributed by atoms with Gasteiger partial charge in [0, 0.05) is 11.9 Å². The number of aromatic nitrogens is 1. The second-order valence-electron chi connectivity index (χ2n) is 8.65. The summed E-state index contributed by atoms with van der Waals surface area (Å²) in [5.74, 6) is -0.0145. The van der Waals surface area contributed by atoms with Crippen LogP contribution in [0.2, 0.25) is 0 Å². The zero-order valence-electron chi connectivity index (χ0n) is 21.0. The van der Waals surface area contributed by atoms with Gasteiger partial charge in [-0.05, 0) is 61.0 Å². The first kappa shape index (κ1) is 27.1. The van der Waals surface area contributed by atoms with Crippen molar-refractivity contribution in [2.24, 2.45) is 10.1 Å². The molecule has 10 nitrogen and oxygen atoms in total. The average Bonchev–Trinajstić information content (AvgIpc) is 2.90. The second kappa shape index (κ2) is 11.7. The maximum absolute atomic E-state index is 12.8. The Morgan fingerprint density at radius 2 is 1.56 bits per heavy atom. The summed E-state index contributed by atoms with van der Waals surface area (Å²) in [6.07, 6.45) is 0.321. The lowest BCUT2D eigenvalue weighted by molar-refractivity contribution is -0.118. The lowest BCUT2D eigenvalue weighted by Crippen LogP contribution is -2.29. The molecule has 0 aliphatic rings. The highest BCUT2D eigenvalue weighted by Crippen LogP contribution is 2.25. The fraction of sp³-hybridized carbons (Fsp3) is 0.107. The summed E-state index contributed by atoms with van der Waals surface area (Å²) in [6.45, 7) is 1.69. The molecular formula is C28H26N4O6S. The van der Waals surface area contributed by atoms with Crippen molar-refractivity contribution in [1.82, 2.24) is 4.57 Å². The maximum Gasteiger partial charge on any atom is 0.412 e. The SMILES string of the molecule is Cc1ccc(S(=O)(=O)/N=c2/ccc(Oc3ccc(N(Cc4ccccc4)C(=O)O)cc3)cn2CC(N)=O)cc1. The van der Waals surface area contributed by atoms with E-state index in [1.165, 1.54) is 39.9 Å². The van der Waals surface area contributed by atoms with Crippen molar-refractivity contribution < 1.29 is 27.9 Å². The van der Waals surface area contributed by atoms with Crippen LogP contribution in [-0.2, 0) is 27.9 Å². The van der Waals surface area contributed by atoms with Crippen molar-refractivity contribution >= 4 is 27.7 Å². The molecule has 0 radical (unpaired) electrons. The van der Waals surface area contributed by atoms with E-state index in [1.807, 2.05) is 37.3 Å². The molecule has 1 aromatic heterocycles. The number of amides is 2. The lowest BCUT2D eigenvalue weighted by atomic mass is 10.2. The summed E-state index contributed by atoms with van der Waals surface area (Å²) >= 11 is 0. The number of carbonyl (C=O) groups excluding carboxylic acids is 1. The first-order valence-electron chi connectivity index (χ1n) is 11.8. The molecule has 0 fully saturated rings. The molecule has 3 aromatic carbocycles. The van der Waals surface area contributed by atoms with E-state index in [2.05, 4.69) is 4.40 Å². The van der Waals surface area contributed by atoms with Gasteiger partial charge in [-0.1, -0.05) is 48.0 Å². The summed E-state index contributed by atoms with van der Waals surface area (Å²) in [5.41, 5.74) is 7.56. The second-order valence-corrected chi connectivity index (χ2v) is 10.3. The van der Waals surface area contributed by atoms with E-state index in [1.54, 1.807) is 36.4 Å². The van der Waals surface area contributed by atoms with Gasteiger partial charge >= 0.3 is 6.09 Å². The number of hydrogen-bond donors (Lipinski definition) is 2. The van der Waals surface area contributed by atoms with Crippen LogP contribution < -0.4 is 20.9 Å². The Bertz CT molecular complexity index is 1650. The van der Waals surface area contributed by atoms with E-state index in [0.29, 0.717) is 11.4 Å². The van der Waals surface area contributed by atoms with Gasteiger partial charge in [0.05, 0.1) is 11.4 Å². The number of nitrogens with zero attached hydrogens (tertiary/aromatic N) is 3. The van der Waals surface area contributed by atoms with Gasteiger partial charge in [-0.15, -0.1) is 4.40 Å². The zero-order chi connectivity index (χ0) is 28.0. The molecule has 4 rings (SSSR count). The highest BCUT2D eigenvalue weighted by Gasteiger charge is 2.16. The molecule has 0 bridgehead atoms. The van der Waals surface area contributed by atoms with Crippen molar-refractivity contribution in [1.29, 1.82) is 0 Å². The van der Waals surface area contributed by atoms with Crippen LogP contribution in [0.1, 0.15) is 11.1 Å². The smallest absolute Gasteiger partial charge is 0.412 e. The Balaban J connectivity index is 1.58. The minimum atomic E-state index is -4.04. The molecule has 11 heteroatoms. The third-order valence-electron chi connectivity index (χ3n) is 5.63. The topological polar surface area (TPSA) is 144 Å². The van der Waals surface area contributed by atoms with E-state index in [4.69, 9.17) is 10.5 Å². The summed E-state index contributed by atoms with van der Waals surface area (Å²) in [7, 11) is -4.04. The molecule has 1 heterocycles. The van der Waals surface area contributed by atoms with Crippen LogP contribution in [0.5, 0.6) is 11.5 Å². The summed E-state index contributed by atoms with van der Waals surface area (Å²) in [4.78, 5) is 24.7. The van der Waals surface area contributed by atoms with Gasteiger partial charge in [0.25, 0.3) is 10.0 Å². The zero-order valence-corrected chi connectivity index (χ0v) is 21.8. The number of pyridine rings is 1. The highest BCUT2D eigenvalue weighted by molar-refractivity contribution is 7.90. The van der Waals surface area contributed by atoms with Crippen LogP contribution >= 0.6 is 0 Å². The monoisotopic (exact) mass is 546 g/mol. The van der Waals surface area contributed by atoms with E-state index in [9.17, 15) is 23.1 Å². The van der Waals surface area contributed by atoms with Crippen molar-refractivity contribution in [3.8, 4) is 11.5 Å². The largest absolute Gasteiger partial charge is 0.465 e. The van der Waals surface area contributed by atoms with Gasteiger partial charge < -0.3 is 20.1 Å². The quantitative estimate of drug-likeness (QED) is 0.324. The summed E-state index contributed by atoms with van der Waals surface area (Å²) in [6, 6.07) is 24.8. The van der Waals surface area contributed by atoms with E-state index >= 15 is 0 Å². The number of primary amides is 1. The van der Waals surface area contributed by atoms with Crippen LogP contribution in [0.25, 0.3) is 0 Å². The molecule has 0 aliphatic heterocycles. The molecular weight excluding hydrogens is 520 g/mol. The molecule has 3 N–H and O–H groups in total.